The molecular formula is C10H16O8. The summed E-state index contributed by atoms with van der Waals surface area (Å²) in [6.45, 7) is 1.98. The van der Waals surface area contributed by atoms with Gasteiger partial charge in [0.25, 0.3) is 0 Å². The SMILES string of the molecule is CC(=O)OCC1OC(O)C(O)C(O)[C@H]1OC(C)=O. The van der Waals surface area contributed by atoms with Gasteiger partial charge in [-0.05, 0) is 0 Å². The molecule has 18 heavy (non-hydrogen) atoms. The predicted molar refractivity (Wildman–Crippen MR) is 55.1 cm³/mol. The summed E-state index contributed by atoms with van der Waals surface area (Å²) >= 11 is 0. The van der Waals surface area contributed by atoms with Gasteiger partial charge in [-0.15, -0.1) is 0 Å². The van der Waals surface area contributed by atoms with Crippen molar-refractivity contribution in [1.82, 2.24) is 0 Å². The molecule has 0 saturated carbocycles. The van der Waals surface area contributed by atoms with Crippen LogP contribution in [0.4, 0.5) is 0 Å². The molecule has 1 saturated heterocycles. The van der Waals surface area contributed by atoms with E-state index in [1.165, 1.54) is 6.92 Å². The monoisotopic (exact) mass is 264 g/mol. The molecule has 1 rings (SSSR count). The molecule has 0 spiro atoms. The Balaban J connectivity index is 2.75. The smallest absolute Gasteiger partial charge is 0.303 e. The first kappa shape index (κ1) is 14.8. The Labute approximate surface area is 103 Å². The summed E-state index contributed by atoms with van der Waals surface area (Å²) in [5, 5.41) is 28.4. The second kappa shape index (κ2) is 6.10. The van der Waals surface area contributed by atoms with Crippen molar-refractivity contribution in [2.75, 3.05) is 6.61 Å². The molecule has 0 aliphatic carbocycles. The van der Waals surface area contributed by atoms with Crippen molar-refractivity contribution in [1.29, 1.82) is 0 Å². The minimum Gasteiger partial charge on any atom is -0.463 e. The fourth-order valence-corrected chi connectivity index (χ4v) is 1.59. The molecule has 1 aliphatic heterocycles. The standard InChI is InChI=1S/C10H16O8/c1-4(11)16-3-6-9(17-5(2)12)7(13)8(14)10(15)18-6/h6-10,13-15H,3H2,1-2H3/t6?,7?,8?,9-,10?/m0/s1. The summed E-state index contributed by atoms with van der Waals surface area (Å²) in [7, 11) is 0. The molecule has 0 aromatic heterocycles. The van der Waals surface area contributed by atoms with E-state index in [2.05, 4.69) is 4.74 Å². The molecule has 104 valence electrons. The Bertz CT molecular complexity index is 317. The summed E-state index contributed by atoms with van der Waals surface area (Å²) in [5.74, 6) is -1.28. The number of rotatable bonds is 3. The minimum absolute atomic E-state index is 0.311. The van der Waals surface area contributed by atoms with Crippen LogP contribution in [0.15, 0.2) is 0 Å². The Morgan fingerprint density at radius 2 is 1.72 bits per heavy atom. The summed E-state index contributed by atoms with van der Waals surface area (Å²) in [4.78, 5) is 21.6. The highest BCUT2D eigenvalue weighted by Crippen LogP contribution is 2.23. The van der Waals surface area contributed by atoms with Gasteiger partial charge in [-0.25, -0.2) is 0 Å². The lowest BCUT2D eigenvalue weighted by molar-refractivity contribution is -0.290. The molecule has 0 amide bonds. The van der Waals surface area contributed by atoms with Gasteiger partial charge in [-0.2, -0.15) is 0 Å². The van der Waals surface area contributed by atoms with Gasteiger partial charge >= 0.3 is 11.9 Å². The van der Waals surface area contributed by atoms with E-state index in [0.29, 0.717) is 0 Å². The van der Waals surface area contributed by atoms with Crippen LogP contribution in [-0.2, 0) is 23.8 Å². The van der Waals surface area contributed by atoms with Gasteiger partial charge in [-0.1, -0.05) is 0 Å². The van der Waals surface area contributed by atoms with Crippen LogP contribution in [0.5, 0.6) is 0 Å². The van der Waals surface area contributed by atoms with Crippen molar-refractivity contribution in [2.24, 2.45) is 0 Å². The van der Waals surface area contributed by atoms with Crippen molar-refractivity contribution in [3.05, 3.63) is 0 Å². The van der Waals surface area contributed by atoms with Gasteiger partial charge in [0.2, 0.25) is 0 Å². The Morgan fingerprint density at radius 3 is 2.22 bits per heavy atom. The number of carbonyl (C=O) groups excluding carboxylic acids is 2. The van der Waals surface area contributed by atoms with Crippen molar-refractivity contribution in [3.8, 4) is 0 Å². The summed E-state index contributed by atoms with van der Waals surface area (Å²) < 4.78 is 14.4. The second-order valence-corrected chi connectivity index (χ2v) is 3.92. The number of hydrogen-bond donors (Lipinski definition) is 3. The summed E-state index contributed by atoms with van der Waals surface area (Å²) in [5.41, 5.74) is 0. The lowest BCUT2D eigenvalue weighted by Gasteiger charge is -2.39. The number of carbonyl (C=O) groups is 2. The van der Waals surface area contributed by atoms with Crippen LogP contribution in [0.25, 0.3) is 0 Å². The maximum atomic E-state index is 10.9. The Hall–Kier alpha value is -1.22. The van der Waals surface area contributed by atoms with Crippen molar-refractivity contribution in [2.45, 2.75) is 44.6 Å². The molecule has 1 heterocycles. The fraction of sp³-hybridized carbons (Fsp3) is 0.800. The first-order valence-corrected chi connectivity index (χ1v) is 5.33. The molecule has 0 aromatic carbocycles. The van der Waals surface area contributed by atoms with E-state index in [4.69, 9.17) is 9.47 Å². The molecule has 1 fully saturated rings. The van der Waals surface area contributed by atoms with Gasteiger partial charge in [0.1, 0.15) is 24.9 Å². The van der Waals surface area contributed by atoms with E-state index in [1.807, 2.05) is 0 Å². The zero-order valence-corrected chi connectivity index (χ0v) is 9.98. The van der Waals surface area contributed by atoms with E-state index in [0.717, 1.165) is 6.92 Å². The lowest BCUT2D eigenvalue weighted by Crippen LogP contribution is -2.60. The molecule has 5 atom stereocenters. The summed E-state index contributed by atoms with van der Waals surface area (Å²) in [6.07, 6.45) is -7.06. The fourth-order valence-electron chi connectivity index (χ4n) is 1.59. The number of hydrogen-bond acceptors (Lipinski definition) is 8. The van der Waals surface area contributed by atoms with Crippen LogP contribution >= 0.6 is 0 Å². The maximum Gasteiger partial charge on any atom is 0.303 e. The molecule has 8 nitrogen and oxygen atoms in total. The molecule has 8 heteroatoms. The molecule has 0 aromatic rings. The van der Waals surface area contributed by atoms with Crippen LogP contribution in [-0.4, -0.2) is 64.6 Å². The first-order chi connectivity index (χ1) is 8.32. The molecular weight excluding hydrogens is 248 g/mol. The zero-order chi connectivity index (χ0) is 13.9. The Kier molecular flexibility index (Phi) is 5.03. The number of ether oxygens (including phenoxy) is 3. The van der Waals surface area contributed by atoms with E-state index < -0.39 is 42.6 Å². The van der Waals surface area contributed by atoms with E-state index >= 15 is 0 Å². The number of aliphatic hydroxyl groups excluding tert-OH is 3. The molecule has 0 radical (unpaired) electrons. The second-order valence-electron chi connectivity index (χ2n) is 3.92. The predicted octanol–water partition coefficient (Wildman–Crippen LogP) is -2.08. The van der Waals surface area contributed by atoms with Crippen LogP contribution in [0, 0.1) is 0 Å². The topological polar surface area (TPSA) is 123 Å². The third kappa shape index (κ3) is 3.64. The van der Waals surface area contributed by atoms with Crippen molar-refractivity contribution in [3.63, 3.8) is 0 Å². The highest BCUT2D eigenvalue weighted by atomic mass is 16.7. The van der Waals surface area contributed by atoms with Gasteiger partial charge in [0, 0.05) is 13.8 Å². The van der Waals surface area contributed by atoms with Crippen molar-refractivity contribution < 1.29 is 39.1 Å². The van der Waals surface area contributed by atoms with E-state index in [9.17, 15) is 24.9 Å². The normalized spacial score (nSPS) is 35.9. The highest BCUT2D eigenvalue weighted by Gasteiger charge is 2.46. The number of esters is 2. The first-order valence-electron chi connectivity index (χ1n) is 5.33. The highest BCUT2D eigenvalue weighted by molar-refractivity contribution is 5.66. The third-order valence-electron chi connectivity index (χ3n) is 2.41. The van der Waals surface area contributed by atoms with E-state index in [-0.39, 0.29) is 6.61 Å². The van der Waals surface area contributed by atoms with Crippen LogP contribution in [0.3, 0.4) is 0 Å². The van der Waals surface area contributed by atoms with Gasteiger partial charge in [0.15, 0.2) is 12.4 Å². The third-order valence-corrected chi connectivity index (χ3v) is 2.41. The van der Waals surface area contributed by atoms with Crippen LogP contribution < -0.4 is 0 Å². The minimum atomic E-state index is -1.65. The van der Waals surface area contributed by atoms with Crippen molar-refractivity contribution >= 4 is 11.9 Å². The lowest BCUT2D eigenvalue weighted by atomic mass is 9.99. The zero-order valence-electron chi connectivity index (χ0n) is 9.98. The molecule has 3 N–H and O–H groups in total. The van der Waals surface area contributed by atoms with Gasteiger partial charge in [0.05, 0.1) is 0 Å². The van der Waals surface area contributed by atoms with E-state index in [1.54, 1.807) is 0 Å². The van der Waals surface area contributed by atoms with Crippen LogP contribution in [0.2, 0.25) is 0 Å². The maximum absolute atomic E-state index is 10.9. The molecule has 0 bridgehead atoms. The van der Waals surface area contributed by atoms with Gasteiger partial charge < -0.3 is 29.5 Å². The number of aliphatic hydroxyl groups is 3. The quantitative estimate of drug-likeness (QED) is 0.496. The van der Waals surface area contributed by atoms with Crippen LogP contribution in [0.1, 0.15) is 13.8 Å². The average Bonchev–Trinajstić information content (AvgIpc) is 2.27. The average molecular weight is 264 g/mol. The largest absolute Gasteiger partial charge is 0.463 e. The molecule has 1 aliphatic rings. The Morgan fingerprint density at radius 1 is 1.11 bits per heavy atom. The van der Waals surface area contributed by atoms with Gasteiger partial charge in [-0.3, -0.25) is 9.59 Å². The molecule has 4 unspecified atom stereocenters. The summed E-state index contributed by atoms with van der Waals surface area (Å²) in [6, 6.07) is 0.